The predicted molar refractivity (Wildman–Crippen MR) is 115 cm³/mol. The molecule has 1 atom stereocenters. The number of hydrogen-bond donors (Lipinski definition) is 0. The zero-order valence-corrected chi connectivity index (χ0v) is 18.3. The lowest BCUT2D eigenvalue weighted by atomic mass is 10.2. The van der Waals surface area contributed by atoms with Crippen molar-refractivity contribution in [2.24, 2.45) is 0 Å². The highest BCUT2D eigenvalue weighted by Gasteiger charge is 2.32. The number of piperazine rings is 1. The van der Waals surface area contributed by atoms with Gasteiger partial charge in [-0.1, -0.05) is 35.3 Å². The first-order valence-electron chi connectivity index (χ1n) is 8.91. The van der Waals surface area contributed by atoms with Gasteiger partial charge in [-0.25, -0.2) is 13.4 Å². The minimum absolute atomic E-state index is 0.0642. The molecule has 1 saturated heterocycles. The Balaban J connectivity index is 1.48. The van der Waals surface area contributed by atoms with Crippen molar-refractivity contribution in [2.75, 3.05) is 26.2 Å². The lowest BCUT2D eigenvalue weighted by molar-refractivity contribution is 0.146. The summed E-state index contributed by atoms with van der Waals surface area (Å²) in [5, 5.41) is 1.59. The molecule has 148 valence electrons. The number of sulfonamides is 1. The summed E-state index contributed by atoms with van der Waals surface area (Å²) in [6, 6.07) is 12.7. The van der Waals surface area contributed by atoms with E-state index in [1.165, 1.54) is 21.1 Å². The van der Waals surface area contributed by atoms with Gasteiger partial charge in [-0.2, -0.15) is 4.31 Å². The third-order valence-electron chi connectivity index (χ3n) is 5.00. The van der Waals surface area contributed by atoms with Crippen LogP contribution in [0.4, 0.5) is 0 Å². The van der Waals surface area contributed by atoms with Crippen LogP contribution in [0.2, 0.25) is 10.0 Å². The number of benzene rings is 2. The van der Waals surface area contributed by atoms with Crippen LogP contribution >= 0.6 is 34.5 Å². The second-order valence-corrected chi connectivity index (χ2v) is 10.5. The van der Waals surface area contributed by atoms with Crippen molar-refractivity contribution in [2.45, 2.75) is 17.9 Å². The Kier molecular flexibility index (Phi) is 5.66. The number of fused-ring (bicyclic) bond motifs is 1. The SMILES string of the molecule is CC(c1nc2ccccc2s1)N1CCN(S(=O)(=O)c2cc(Cl)ccc2Cl)CC1. The van der Waals surface area contributed by atoms with Crippen LogP contribution in [-0.4, -0.2) is 48.8 Å². The molecule has 0 spiro atoms. The minimum atomic E-state index is -3.67. The van der Waals surface area contributed by atoms with E-state index in [2.05, 4.69) is 17.9 Å². The lowest BCUT2D eigenvalue weighted by Crippen LogP contribution is -2.49. The first kappa shape index (κ1) is 20.1. The Morgan fingerprint density at radius 1 is 1.07 bits per heavy atom. The molecule has 0 N–H and O–H groups in total. The van der Waals surface area contributed by atoms with E-state index in [1.807, 2.05) is 18.2 Å². The van der Waals surface area contributed by atoms with Gasteiger partial charge in [-0.15, -0.1) is 11.3 Å². The number of nitrogens with zero attached hydrogens (tertiary/aromatic N) is 3. The molecule has 0 bridgehead atoms. The predicted octanol–water partition coefficient (Wildman–Crippen LogP) is 4.67. The monoisotopic (exact) mass is 455 g/mol. The first-order chi connectivity index (χ1) is 13.4. The van der Waals surface area contributed by atoms with Crippen molar-refractivity contribution in [3.05, 3.63) is 57.5 Å². The van der Waals surface area contributed by atoms with Crippen LogP contribution in [0.1, 0.15) is 18.0 Å². The number of halogens is 2. The Morgan fingerprint density at radius 3 is 2.50 bits per heavy atom. The topological polar surface area (TPSA) is 53.5 Å². The van der Waals surface area contributed by atoms with Gasteiger partial charge in [-0.3, -0.25) is 4.90 Å². The van der Waals surface area contributed by atoms with E-state index < -0.39 is 10.0 Å². The largest absolute Gasteiger partial charge is 0.292 e. The number of rotatable bonds is 4. The maximum absolute atomic E-state index is 13.0. The average molecular weight is 456 g/mol. The van der Waals surface area contributed by atoms with E-state index in [1.54, 1.807) is 17.4 Å². The van der Waals surface area contributed by atoms with E-state index in [-0.39, 0.29) is 16.0 Å². The molecule has 1 unspecified atom stereocenters. The Morgan fingerprint density at radius 2 is 1.79 bits per heavy atom. The van der Waals surface area contributed by atoms with Crippen molar-refractivity contribution in [1.29, 1.82) is 0 Å². The summed E-state index contributed by atoms with van der Waals surface area (Å²) in [5.41, 5.74) is 1.01. The number of aromatic nitrogens is 1. The van der Waals surface area contributed by atoms with Crippen molar-refractivity contribution in [1.82, 2.24) is 14.2 Å². The lowest BCUT2D eigenvalue weighted by Gasteiger charge is -2.36. The molecule has 1 aliphatic heterocycles. The molecule has 2 heterocycles. The Labute approximate surface area is 178 Å². The molecule has 4 rings (SSSR count). The molecule has 1 aliphatic rings. The third kappa shape index (κ3) is 3.79. The van der Waals surface area contributed by atoms with Crippen molar-refractivity contribution >= 4 is 54.8 Å². The van der Waals surface area contributed by atoms with Crippen molar-refractivity contribution in [3.63, 3.8) is 0 Å². The van der Waals surface area contributed by atoms with E-state index in [0.29, 0.717) is 31.2 Å². The molecule has 0 radical (unpaired) electrons. The molecule has 9 heteroatoms. The standard InChI is InChI=1S/C19H19Cl2N3O2S2/c1-13(19-22-16-4-2-3-5-17(16)27-19)23-8-10-24(11-9-23)28(25,26)18-12-14(20)6-7-15(18)21/h2-7,12-13H,8-11H2,1H3. The number of hydrogen-bond acceptors (Lipinski definition) is 5. The van der Waals surface area contributed by atoms with Gasteiger partial charge in [0.05, 0.1) is 21.3 Å². The van der Waals surface area contributed by atoms with Crippen molar-refractivity contribution < 1.29 is 8.42 Å². The van der Waals surface area contributed by atoms with Crippen LogP contribution in [0, 0.1) is 0 Å². The zero-order valence-electron chi connectivity index (χ0n) is 15.2. The highest BCUT2D eigenvalue weighted by Crippen LogP contribution is 2.32. The molecule has 2 aromatic carbocycles. The summed E-state index contributed by atoms with van der Waals surface area (Å²) < 4.78 is 28.6. The van der Waals surface area contributed by atoms with Gasteiger partial charge < -0.3 is 0 Å². The Bertz CT molecular complexity index is 1080. The number of thiazole rings is 1. The molecule has 1 fully saturated rings. The third-order valence-corrected chi connectivity index (χ3v) is 8.82. The molecule has 0 aliphatic carbocycles. The zero-order chi connectivity index (χ0) is 19.9. The fourth-order valence-electron chi connectivity index (χ4n) is 3.37. The van der Waals surface area contributed by atoms with Gasteiger partial charge in [0.15, 0.2) is 0 Å². The van der Waals surface area contributed by atoms with Gasteiger partial charge in [-0.05, 0) is 37.3 Å². The van der Waals surface area contributed by atoms with E-state index in [9.17, 15) is 8.42 Å². The Hall–Kier alpha value is -1.22. The van der Waals surface area contributed by atoms with Crippen LogP contribution in [-0.2, 0) is 10.0 Å². The molecule has 1 aromatic heterocycles. The van der Waals surface area contributed by atoms with Crippen LogP contribution in [0.25, 0.3) is 10.2 Å². The second kappa shape index (κ2) is 7.89. The molecule has 3 aromatic rings. The summed E-state index contributed by atoms with van der Waals surface area (Å²) >= 11 is 13.8. The fourth-order valence-corrected chi connectivity index (χ4v) is 6.58. The van der Waals surface area contributed by atoms with Gasteiger partial charge in [0.25, 0.3) is 0 Å². The molecular formula is C19H19Cl2N3O2S2. The number of para-hydroxylation sites is 1. The minimum Gasteiger partial charge on any atom is -0.292 e. The molecular weight excluding hydrogens is 437 g/mol. The smallest absolute Gasteiger partial charge is 0.244 e. The van der Waals surface area contributed by atoms with Gasteiger partial charge >= 0.3 is 0 Å². The fraction of sp³-hybridized carbons (Fsp3) is 0.316. The average Bonchev–Trinajstić information content (AvgIpc) is 3.13. The quantitative estimate of drug-likeness (QED) is 0.573. The summed E-state index contributed by atoms with van der Waals surface area (Å²) in [6.07, 6.45) is 0. The summed E-state index contributed by atoms with van der Waals surface area (Å²) in [7, 11) is -3.67. The summed E-state index contributed by atoms with van der Waals surface area (Å²) in [5.74, 6) is 0. The maximum Gasteiger partial charge on any atom is 0.244 e. The first-order valence-corrected chi connectivity index (χ1v) is 11.9. The van der Waals surface area contributed by atoms with Gasteiger partial charge in [0.2, 0.25) is 10.0 Å². The summed E-state index contributed by atoms with van der Waals surface area (Å²) in [4.78, 5) is 7.07. The summed E-state index contributed by atoms with van der Waals surface area (Å²) in [6.45, 7) is 4.19. The molecule has 28 heavy (non-hydrogen) atoms. The highest BCUT2D eigenvalue weighted by atomic mass is 35.5. The normalized spacial score (nSPS) is 17.8. The molecule has 0 saturated carbocycles. The van der Waals surface area contributed by atoms with Crippen molar-refractivity contribution in [3.8, 4) is 0 Å². The second-order valence-electron chi connectivity index (χ2n) is 6.71. The van der Waals surface area contributed by atoms with Crippen LogP contribution < -0.4 is 0 Å². The van der Waals surface area contributed by atoms with Gasteiger partial charge in [0, 0.05) is 31.2 Å². The molecule has 0 amide bonds. The van der Waals surface area contributed by atoms with Crippen LogP contribution in [0.5, 0.6) is 0 Å². The molecule has 5 nitrogen and oxygen atoms in total. The highest BCUT2D eigenvalue weighted by molar-refractivity contribution is 7.89. The van der Waals surface area contributed by atoms with Crippen LogP contribution in [0.3, 0.4) is 0 Å². The maximum atomic E-state index is 13.0. The van der Waals surface area contributed by atoms with Gasteiger partial charge in [0.1, 0.15) is 9.90 Å². The van der Waals surface area contributed by atoms with E-state index in [0.717, 1.165) is 10.5 Å². The van der Waals surface area contributed by atoms with Crippen LogP contribution in [0.15, 0.2) is 47.4 Å². The van der Waals surface area contributed by atoms with E-state index >= 15 is 0 Å². The van der Waals surface area contributed by atoms with E-state index in [4.69, 9.17) is 28.2 Å².